The molecule has 6 nitrogen and oxygen atoms in total. The fourth-order valence-corrected chi connectivity index (χ4v) is 3.02. The molecule has 1 aromatic carbocycles. The number of nitrogens with zero attached hydrogens (tertiary/aromatic N) is 2. The third kappa shape index (κ3) is 3.96. The van der Waals surface area contributed by atoms with Crippen molar-refractivity contribution in [1.29, 1.82) is 0 Å². The molecule has 3 N–H and O–H groups in total. The average molecular weight is 338 g/mol. The number of hydrogen-bond donors (Lipinski definition) is 2. The molecule has 1 aromatic heterocycles. The number of anilines is 2. The molecule has 0 bridgehead atoms. The molecule has 2 heterocycles. The number of primary amides is 1. The monoisotopic (exact) mass is 338 g/mol. The number of pyridine rings is 1. The Morgan fingerprint density at radius 1 is 1.12 bits per heavy atom. The fraction of sp³-hybridized carbons (Fsp3) is 0.316. The van der Waals surface area contributed by atoms with Crippen LogP contribution in [0.15, 0.2) is 36.5 Å². The first-order chi connectivity index (χ1) is 12.0. The van der Waals surface area contributed by atoms with Gasteiger partial charge in [-0.05, 0) is 56.5 Å². The normalized spacial score (nSPS) is 14.2. The summed E-state index contributed by atoms with van der Waals surface area (Å²) in [5, 5.41) is 2.87. The van der Waals surface area contributed by atoms with Crippen molar-refractivity contribution in [2.75, 3.05) is 23.3 Å². The van der Waals surface area contributed by atoms with Crippen LogP contribution in [-0.2, 0) is 0 Å². The van der Waals surface area contributed by atoms with Gasteiger partial charge >= 0.3 is 0 Å². The van der Waals surface area contributed by atoms with Gasteiger partial charge in [-0.15, -0.1) is 0 Å². The van der Waals surface area contributed by atoms with Crippen molar-refractivity contribution >= 4 is 23.2 Å². The van der Waals surface area contributed by atoms with Gasteiger partial charge in [-0.1, -0.05) is 0 Å². The highest BCUT2D eigenvalue weighted by molar-refractivity contribution is 6.05. The lowest BCUT2D eigenvalue weighted by Gasteiger charge is -2.30. The second-order valence-electron chi connectivity index (χ2n) is 6.29. The number of amides is 2. The molecule has 0 spiro atoms. The van der Waals surface area contributed by atoms with Crippen LogP contribution in [0.5, 0.6) is 0 Å². The van der Waals surface area contributed by atoms with Crippen molar-refractivity contribution in [3.8, 4) is 0 Å². The zero-order valence-corrected chi connectivity index (χ0v) is 14.3. The number of carbonyl (C=O) groups is 2. The highest BCUT2D eigenvalue weighted by Gasteiger charge is 2.18. The van der Waals surface area contributed by atoms with E-state index in [1.807, 2.05) is 13.0 Å². The lowest BCUT2D eigenvalue weighted by atomic mass is 10.1. The Kier molecular flexibility index (Phi) is 4.97. The third-order valence-electron chi connectivity index (χ3n) is 4.39. The van der Waals surface area contributed by atoms with Gasteiger partial charge in [-0.2, -0.15) is 0 Å². The summed E-state index contributed by atoms with van der Waals surface area (Å²) in [6.07, 6.45) is 4.92. The fourth-order valence-electron chi connectivity index (χ4n) is 3.02. The minimum atomic E-state index is -0.457. The van der Waals surface area contributed by atoms with Crippen LogP contribution in [0.1, 0.15) is 45.7 Å². The van der Waals surface area contributed by atoms with E-state index in [9.17, 15) is 9.59 Å². The molecule has 1 aliphatic heterocycles. The molecule has 1 saturated heterocycles. The van der Waals surface area contributed by atoms with Gasteiger partial charge in [0, 0.05) is 30.7 Å². The van der Waals surface area contributed by atoms with Crippen LogP contribution in [0, 0.1) is 6.92 Å². The summed E-state index contributed by atoms with van der Waals surface area (Å²) in [6, 6.07) is 8.73. The van der Waals surface area contributed by atoms with E-state index in [2.05, 4.69) is 15.2 Å². The number of nitrogens with two attached hydrogens (primary N) is 1. The largest absolute Gasteiger partial charge is 0.371 e. The van der Waals surface area contributed by atoms with E-state index in [-0.39, 0.29) is 5.91 Å². The van der Waals surface area contributed by atoms with Crippen LogP contribution in [0.3, 0.4) is 0 Å². The lowest BCUT2D eigenvalue weighted by Crippen LogP contribution is -2.31. The Morgan fingerprint density at radius 2 is 1.88 bits per heavy atom. The summed E-state index contributed by atoms with van der Waals surface area (Å²) in [4.78, 5) is 30.4. The Hall–Kier alpha value is -2.89. The van der Waals surface area contributed by atoms with E-state index in [0.717, 1.165) is 37.3 Å². The van der Waals surface area contributed by atoms with Gasteiger partial charge in [-0.3, -0.25) is 14.6 Å². The first kappa shape index (κ1) is 17.0. The molecule has 2 amide bonds. The molecule has 0 aliphatic carbocycles. The quantitative estimate of drug-likeness (QED) is 0.897. The number of benzene rings is 1. The highest BCUT2D eigenvalue weighted by Crippen LogP contribution is 2.27. The van der Waals surface area contributed by atoms with Gasteiger partial charge in [0.25, 0.3) is 11.8 Å². The van der Waals surface area contributed by atoms with Crippen molar-refractivity contribution in [1.82, 2.24) is 4.98 Å². The SMILES string of the molecule is Cc1ccc(C(=O)Nc2ccc(C(N)=O)c(N3CCCCC3)c2)cn1. The van der Waals surface area contributed by atoms with E-state index in [0.29, 0.717) is 16.8 Å². The average Bonchev–Trinajstić information content (AvgIpc) is 2.62. The van der Waals surface area contributed by atoms with E-state index >= 15 is 0 Å². The summed E-state index contributed by atoms with van der Waals surface area (Å²) in [5.41, 5.74) is 8.77. The molecule has 0 atom stereocenters. The number of aryl methyl sites for hydroxylation is 1. The molecule has 1 aliphatic rings. The summed E-state index contributed by atoms with van der Waals surface area (Å²) in [6.45, 7) is 3.65. The molecule has 2 aromatic rings. The minimum Gasteiger partial charge on any atom is -0.371 e. The number of hydrogen-bond acceptors (Lipinski definition) is 4. The Balaban J connectivity index is 1.85. The number of rotatable bonds is 4. The molecule has 25 heavy (non-hydrogen) atoms. The van der Waals surface area contributed by atoms with Gasteiger partial charge in [-0.25, -0.2) is 0 Å². The molecular weight excluding hydrogens is 316 g/mol. The number of aromatic nitrogens is 1. The maximum absolute atomic E-state index is 12.4. The van der Waals surface area contributed by atoms with Crippen LogP contribution >= 0.6 is 0 Å². The highest BCUT2D eigenvalue weighted by atomic mass is 16.2. The molecule has 0 unspecified atom stereocenters. The maximum atomic E-state index is 12.4. The van der Waals surface area contributed by atoms with Crippen LogP contribution < -0.4 is 16.0 Å². The lowest BCUT2D eigenvalue weighted by molar-refractivity contribution is 0.0998. The van der Waals surface area contributed by atoms with Gasteiger partial charge in [0.05, 0.1) is 16.8 Å². The molecule has 1 fully saturated rings. The van der Waals surface area contributed by atoms with Crippen molar-refractivity contribution in [2.45, 2.75) is 26.2 Å². The van der Waals surface area contributed by atoms with Crippen molar-refractivity contribution in [3.63, 3.8) is 0 Å². The Labute approximate surface area is 147 Å². The Bertz CT molecular complexity index is 781. The summed E-state index contributed by atoms with van der Waals surface area (Å²) in [5.74, 6) is -0.690. The molecule has 130 valence electrons. The maximum Gasteiger partial charge on any atom is 0.257 e. The molecule has 0 radical (unpaired) electrons. The number of carbonyl (C=O) groups excluding carboxylic acids is 2. The zero-order chi connectivity index (χ0) is 17.8. The third-order valence-corrected chi connectivity index (χ3v) is 4.39. The number of piperidine rings is 1. The second-order valence-corrected chi connectivity index (χ2v) is 6.29. The van der Waals surface area contributed by atoms with Crippen molar-refractivity contribution < 1.29 is 9.59 Å². The minimum absolute atomic E-state index is 0.232. The first-order valence-corrected chi connectivity index (χ1v) is 8.47. The van der Waals surface area contributed by atoms with Gasteiger partial charge in [0.15, 0.2) is 0 Å². The first-order valence-electron chi connectivity index (χ1n) is 8.47. The molecule has 0 saturated carbocycles. The van der Waals surface area contributed by atoms with Crippen LogP contribution in [-0.4, -0.2) is 29.9 Å². The Morgan fingerprint density at radius 3 is 2.52 bits per heavy atom. The topological polar surface area (TPSA) is 88.3 Å². The van der Waals surface area contributed by atoms with Crippen LogP contribution in [0.4, 0.5) is 11.4 Å². The van der Waals surface area contributed by atoms with E-state index in [1.54, 1.807) is 30.5 Å². The number of nitrogens with one attached hydrogen (secondary N) is 1. The molecule has 6 heteroatoms. The van der Waals surface area contributed by atoms with E-state index in [1.165, 1.54) is 6.42 Å². The van der Waals surface area contributed by atoms with Crippen molar-refractivity contribution in [2.24, 2.45) is 5.73 Å². The standard InChI is InChI=1S/C19H22N4O2/c1-13-5-6-14(12-21-13)19(25)22-15-7-8-16(18(20)24)17(11-15)23-9-3-2-4-10-23/h5-8,11-12H,2-4,9-10H2,1H3,(H2,20,24)(H,22,25). The van der Waals surface area contributed by atoms with Gasteiger partial charge < -0.3 is 16.0 Å². The van der Waals surface area contributed by atoms with E-state index < -0.39 is 5.91 Å². The van der Waals surface area contributed by atoms with Gasteiger partial charge in [0.1, 0.15) is 0 Å². The second kappa shape index (κ2) is 7.34. The molecular formula is C19H22N4O2. The smallest absolute Gasteiger partial charge is 0.257 e. The van der Waals surface area contributed by atoms with Crippen LogP contribution in [0.2, 0.25) is 0 Å². The van der Waals surface area contributed by atoms with E-state index in [4.69, 9.17) is 5.73 Å². The molecule has 3 rings (SSSR count). The van der Waals surface area contributed by atoms with Gasteiger partial charge in [0.2, 0.25) is 0 Å². The van der Waals surface area contributed by atoms with Crippen molar-refractivity contribution in [3.05, 3.63) is 53.3 Å². The van der Waals surface area contributed by atoms with Crippen LogP contribution in [0.25, 0.3) is 0 Å². The summed E-state index contributed by atoms with van der Waals surface area (Å²) < 4.78 is 0. The summed E-state index contributed by atoms with van der Waals surface area (Å²) in [7, 11) is 0. The predicted octanol–water partition coefficient (Wildman–Crippen LogP) is 2.73. The predicted molar refractivity (Wildman–Crippen MR) is 98.0 cm³/mol. The summed E-state index contributed by atoms with van der Waals surface area (Å²) >= 11 is 0. The zero-order valence-electron chi connectivity index (χ0n) is 14.3.